The molecule has 0 unspecified atom stereocenters. The molecule has 0 fully saturated rings. The summed E-state index contributed by atoms with van der Waals surface area (Å²) >= 11 is 0. The first-order valence-corrected chi connectivity index (χ1v) is 27.3. The molecule has 0 atom stereocenters. The molecule has 6 heterocycles. The summed E-state index contributed by atoms with van der Waals surface area (Å²) in [7, 11) is 0. The van der Waals surface area contributed by atoms with Gasteiger partial charge in [-0.2, -0.15) is 0 Å². The van der Waals surface area contributed by atoms with Crippen molar-refractivity contribution in [1.82, 2.24) is 8.80 Å². The lowest BCUT2D eigenvalue weighted by atomic mass is 10.00. The minimum absolute atomic E-state index is 0.317. The van der Waals surface area contributed by atoms with Gasteiger partial charge in [0.1, 0.15) is 11.2 Å². The highest BCUT2D eigenvalue weighted by molar-refractivity contribution is 6.32. The van der Waals surface area contributed by atoms with E-state index in [0.29, 0.717) is 11.8 Å². The number of para-hydroxylation sites is 8. The summed E-state index contributed by atoms with van der Waals surface area (Å²) in [4.78, 5) is 4.84. The second-order valence-corrected chi connectivity index (χ2v) is 21.9. The number of rotatable bonds is 8. The van der Waals surface area contributed by atoms with Gasteiger partial charge >= 0.3 is 0 Å². The molecule has 11 aromatic carbocycles. The second-order valence-electron chi connectivity index (χ2n) is 21.9. The number of furan rings is 2. The Morgan fingerprint density at radius 2 is 0.667 bits per heavy atom. The summed E-state index contributed by atoms with van der Waals surface area (Å²) in [6.07, 6.45) is 0. The molecule has 0 aliphatic heterocycles. The molecule has 0 amide bonds. The molecule has 0 saturated carbocycles. The lowest BCUT2D eigenvalue weighted by molar-refractivity contribution is 0.657. The molecule has 6 aromatic heterocycles. The number of benzene rings is 11. The third kappa shape index (κ3) is 5.70. The van der Waals surface area contributed by atoms with E-state index in [9.17, 15) is 0 Å². The molecular formula is C72H50N4O2. The summed E-state index contributed by atoms with van der Waals surface area (Å²) in [5.41, 5.74) is 19.6. The van der Waals surface area contributed by atoms with Crippen LogP contribution in [0.2, 0.25) is 0 Å². The first-order chi connectivity index (χ1) is 38.4. The predicted molar refractivity (Wildman–Crippen MR) is 328 cm³/mol. The van der Waals surface area contributed by atoms with Gasteiger partial charge in [-0.05, 0) is 95.8 Å². The SMILES string of the molecule is CC(C)c1cccc2c1oc1c(N(c3ccccc3)c3ccc4c5cc6c(cc5n5c7ccccc7c3c45)c3ccc(N(c4ccccc4)c4cccc5c4oc4c(C(C)C)cccc45)c4c5ccccc5n6c34)cccc12. The number of fused-ring (bicyclic) bond motifs is 18. The minimum atomic E-state index is 0.317. The van der Waals surface area contributed by atoms with Crippen molar-refractivity contribution in [2.45, 2.75) is 39.5 Å². The maximum Gasteiger partial charge on any atom is 0.159 e. The molecule has 6 nitrogen and oxygen atoms in total. The van der Waals surface area contributed by atoms with Gasteiger partial charge in [-0.15, -0.1) is 0 Å². The quantitative estimate of drug-likeness (QED) is 0.152. The first kappa shape index (κ1) is 43.5. The fraction of sp³-hybridized carbons (Fsp3) is 0.0833. The van der Waals surface area contributed by atoms with Crippen molar-refractivity contribution in [3.8, 4) is 0 Å². The molecule has 0 saturated heterocycles. The molecule has 6 heteroatoms. The maximum absolute atomic E-state index is 7.06. The Kier molecular flexibility index (Phi) is 8.85. The van der Waals surface area contributed by atoms with E-state index in [1.54, 1.807) is 0 Å². The Labute approximate surface area is 448 Å². The standard InChI is InChI=1S/C72H50N4O2/c1-41(2)45-25-15-27-49-51-29-17-33-61(71(51)77-69(45)49)73(43-19-7-5-8-20-43)59-37-35-47-55-39-64-56(40-63(55)75-57-31-13-11-23-53(57)65(59)67(47)75)48-36-38-60(66-54-24-12-14-32-58(54)76(64)68(48)66)74(44-21-9-6-10-22-44)62-34-18-30-52-50-28-16-26-46(42(3)4)70(50)78-72(52)62/h5-42H,1-4H3. The van der Waals surface area contributed by atoms with Gasteiger partial charge in [-0.3, -0.25) is 0 Å². The Morgan fingerprint density at radius 1 is 0.295 bits per heavy atom. The van der Waals surface area contributed by atoms with Gasteiger partial charge in [0.15, 0.2) is 11.2 Å². The summed E-state index contributed by atoms with van der Waals surface area (Å²) in [5.74, 6) is 0.635. The van der Waals surface area contributed by atoms with Crippen LogP contribution in [0.5, 0.6) is 0 Å². The molecule has 78 heavy (non-hydrogen) atoms. The van der Waals surface area contributed by atoms with Gasteiger partial charge in [0.05, 0.1) is 55.8 Å². The third-order valence-electron chi connectivity index (χ3n) is 17.1. The second kappa shape index (κ2) is 15.9. The zero-order valence-electron chi connectivity index (χ0n) is 43.5. The summed E-state index contributed by atoms with van der Waals surface area (Å²) < 4.78 is 19.2. The molecule has 0 aliphatic carbocycles. The largest absolute Gasteiger partial charge is 0.454 e. The molecule has 0 N–H and O–H groups in total. The summed E-state index contributed by atoms with van der Waals surface area (Å²) in [6, 6.07) is 80.2. The number of aromatic nitrogens is 2. The van der Waals surface area contributed by atoms with Gasteiger partial charge in [-0.1, -0.05) is 173 Å². The molecule has 17 aromatic rings. The van der Waals surface area contributed by atoms with Crippen LogP contribution in [0.3, 0.4) is 0 Å². The van der Waals surface area contributed by atoms with E-state index in [-0.39, 0.29) is 0 Å². The van der Waals surface area contributed by atoms with Crippen LogP contribution in [0.25, 0.3) is 120 Å². The predicted octanol–water partition coefficient (Wildman–Crippen LogP) is 21.0. The molecule has 0 spiro atoms. The highest BCUT2D eigenvalue weighted by atomic mass is 16.3. The molecule has 17 rings (SSSR count). The molecule has 370 valence electrons. The molecule has 0 radical (unpaired) electrons. The average Bonchev–Trinajstić information content (AvgIpc) is 3.47. The lowest BCUT2D eigenvalue weighted by Crippen LogP contribution is -2.10. The van der Waals surface area contributed by atoms with Crippen molar-refractivity contribution in [2.24, 2.45) is 0 Å². The van der Waals surface area contributed by atoms with E-state index in [1.807, 2.05) is 0 Å². The highest BCUT2D eigenvalue weighted by Crippen LogP contribution is 2.53. The van der Waals surface area contributed by atoms with Gasteiger partial charge in [0.2, 0.25) is 0 Å². The Bertz CT molecular complexity index is 4960. The number of nitrogens with zero attached hydrogens (tertiary/aromatic N) is 4. The summed E-state index contributed by atoms with van der Waals surface area (Å²) in [5, 5.41) is 14.2. The van der Waals surface area contributed by atoms with Crippen LogP contribution in [0.4, 0.5) is 34.1 Å². The van der Waals surface area contributed by atoms with Crippen LogP contribution in [0, 0.1) is 0 Å². The summed E-state index contributed by atoms with van der Waals surface area (Å²) in [6.45, 7) is 8.96. The smallest absolute Gasteiger partial charge is 0.159 e. The van der Waals surface area contributed by atoms with E-state index in [1.165, 1.54) is 87.3 Å². The Balaban J connectivity index is 0.932. The van der Waals surface area contributed by atoms with Crippen molar-refractivity contribution in [1.29, 1.82) is 0 Å². The zero-order chi connectivity index (χ0) is 51.7. The Morgan fingerprint density at radius 3 is 1.09 bits per heavy atom. The van der Waals surface area contributed by atoms with Crippen LogP contribution in [-0.4, -0.2) is 8.80 Å². The zero-order valence-corrected chi connectivity index (χ0v) is 43.5. The highest BCUT2D eigenvalue weighted by Gasteiger charge is 2.30. The normalized spacial score (nSPS) is 12.6. The monoisotopic (exact) mass is 1000 g/mol. The lowest BCUT2D eigenvalue weighted by Gasteiger charge is -2.26. The van der Waals surface area contributed by atoms with Crippen LogP contribution >= 0.6 is 0 Å². The van der Waals surface area contributed by atoms with Gasteiger partial charge in [0, 0.05) is 76.0 Å². The van der Waals surface area contributed by atoms with E-state index in [2.05, 4.69) is 265 Å². The van der Waals surface area contributed by atoms with Crippen molar-refractivity contribution >= 4 is 154 Å². The Hall–Kier alpha value is -9.78. The van der Waals surface area contributed by atoms with Gasteiger partial charge < -0.3 is 27.4 Å². The topological polar surface area (TPSA) is 41.6 Å². The first-order valence-electron chi connectivity index (χ1n) is 27.3. The number of anilines is 6. The van der Waals surface area contributed by atoms with Crippen LogP contribution < -0.4 is 9.80 Å². The van der Waals surface area contributed by atoms with Crippen molar-refractivity contribution in [3.63, 3.8) is 0 Å². The number of hydrogen-bond donors (Lipinski definition) is 0. The van der Waals surface area contributed by atoms with Crippen LogP contribution in [0.1, 0.15) is 50.7 Å². The van der Waals surface area contributed by atoms with Gasteiger partial charge in [0.25, 0.3) is 0 Å². The fourth-order valence-electron chi connectivity index (χ4n) is 13.7. The number of hydrogen-bond acceptors (Lipinski definition) is 4. The average molecular weight is 1000 g/mol. The van der Waals surface area contributed by atoms with Crippen molar-refractivity contribution in [3.05, 3.63) is 230 Å². The molecule has 0 aliphatic rings. The van der Waals surface area contributed by atoms with E-state index in [0.717, 1.165) is 78.0 Å². The van der Waals surface area contributed by atoms with E-state index >= 15 is 0 Å². The van der Waals surface area contributed by atoms with Gasteiger partial charge in [-0.25, -0.2) is 0 Å². The fourth-order valence-corrected chi connectivity index (χ4v) is 13.7. The van der Waals surface area contributed by atoms with Crippen molar-refractivity contribution in [2.75, 3.05) is 9.80 Å². The third-order valence-corrected chi connectivity index (χ3v) is 17.1. The minimum Gasteiger partial charge on any atom is -0.454 e. The van der Waals surface area contributed by atoms with E-state index in [4.69, 9.17) is 8.83 Å². The maximum atomic E-state index is 7.06. The van der Waals surface area contributed by atoms with E-state index < -0.39 is 0 Å². The molecular weight excluding hydrogens is 953 g/mol. The van der Waals surface area contributed by atoms with Crippen LogP contribution in [-0.2, 0) is 0 Å². The van der Waals surface area contributed by atoms with Crippen molar-refractivity contribution < 1.29 is 8.83 Å². The molecule has 0 bridgehead atoms. The van der Waals surface area contributed by atoms with Crippen LogP contribution in [0.15, 0.2) is 227 Å².